The number of aliphatic carboxylic acids is 1. The number of hydrogen-bond acceptors (Lipinski definition) is 3. The van der Waals surface area contributed by atoms with Crippen molar-refractivity contribution < 1.29 is 14.7 Å². The largest absolute Gasteiger partial charge is 0.478 e. The van der Waals surface area contributed by atoms with Crippen molar-refractivity contribution in [2.75, 3.05) is 5.32 Å². The van der Waals surface area contributed by atoms with Gasteiger partial charge in [-0.05, 0) is 61.7 Å². The molecule has 2 aromatic rings. The smallest absolute Gasteiger partial charge is 0.328 e. The number of rotatable bonds is 4. The minimum Gasteiger partial charge on any atom is -0.478 e. The number of benzene rings is 1. The van der Waals surface area contributed by atoms with Crippen molar-refractivity contribution in [3.63, 3.8) is 0 Å². The van der Waals surface area contributed by atoms with Crippen molar-refractivity contribution in [2.24, 2.45) is 0 Å². The van der Waals surface area contributed by atoms with Gasteiger partial charge in [0.2, 0.25) is 0 Å². The first-order valence-electron chi connectivity index (χ1n) is 5.73. The zero-order chi connectivity index (χ0) is 15.4. The van der Waals surface area contributed by atoms with Gasteiger partial charge in [-0.1, -0.05) is 12.1 Å². The normalized spacial score (nSPS) is 10.8. The molecule has 1 heterocycles. The second kappa shape index (κ2) is 7.02. The van der Waals surface area contributed by atoms with Gasteiger partial charge in [0, 0.05) is 16.2 Å². The van der Waals surface area contributed by atoms with E-state index in [4.69, 9.17) is 5.11 Å². The fraction of sp³-hybridized carbons (Fsp3) is 0. The average Bonchev–Trinajstić information content (AvgIpc) is 2.77. The summed E-state index contributed by atoms with van der Waals surface area (Å²) in [5.41, 5.74) is 1.30. The van der Waals surface area contributed by atoms with E-state index < -0.39 is 5.97 Å². The van der Waals surface area contributed by atoms with Crippen LogP contribution in [0.1, 0.15) is 15.2 Å². The number of anilines is 1. The molecular weight excluding hydrogens is 422 g/mol. The van der Waals surface area contributed by atoms with Crippen molar-refractivity contribution >= 4 is 66.8 Å². The molecule has 0 saturated heterocycles. The number of hydrogen-bond donors (Lipinski definition) is 2. The van der Waals surface area contributed by atoms with Crippen LogP contribution in [0.25, 0.3) is 6.08 Å². The molecule has 21 heavy (non-hydrogen) atoms. The van der Waals surface area contributed by atoms with E-state index in [2.05, 4.69) is 37.2 Å². The number of amides is 1. The summed E-state index contributed by atoms with van der Waals surface area (Å²) in [6, 6.07) is 8.69. The summed E-state index contributed by atoms with van der Waals surface area (Å²) in [6.45, 7) is 0. The molecule has 0 atom stereocenters. The molecule has 0 fully saturated rings. The summed E-state index contributed by atoms with van der Waals surface area (Å²) in [6.07, 6.45) is 2.52. The van der Waals surface area contributed by atoms with Gasteiger partial charge in [0.25, 0.3) is 5.91 Å². The van der Waals surface area contributed by atoms with Gasteiger partial charge in [-0.15, -0.1) is 11.3 Å². The highest BCUT2D eigenvalue weighted by molar-refractivity contribution is 9.13. The molecule has 0 bridgehead atoms. The molecule has 2 N–H and O–H groups in total. The highest BCUT2D eigenvalue weighted by Gasteiger charge is 2.12. The van der Waals surface area contributed by atoms with Gasteiger partial charge >= 0.3 is 5.97 Å². The summed E-state index contributed by atoms with van der Waals surface area (Å²) < 4.78 is 1.68. The summed E-state index contributed by atoms with van der Waals surface area (Å²) in [5, 5.41) is 11.4. The van der Waals surface area contributed by atoms with Crippen LogP contribution in [0.3, 0.4) is 0 Å². The maximum atomic E-state index is 12.1. The Morgan fingerprint density at radius 2 is 2.00 bits per heavy atom. The molecule has 2 rings (SSSR count). The number of thiophene rings is 1. The Morgan fingerprint density at radius 3 is 2.62 bits per heavy atom. The Labute approximate surface area is 141 Å². The predicted octanol–water partition coefficient (Wildman–Crippen LogP) is 4.62. The van der Waals surface area contributed by atoms with Crippen LogP contribution < -0.4 is 5.32 Å². The van der Waals surface area contributed by atoms with Crippen molar-refractivity contribution in [3.05, 3.63) is 55.1 Å². The number of nitrogens with one attached hydrogen (secondary N) is 1. The molecule has 0 unspecified atom stereocenters. The molecule has 0 radical (unpaired) electrons. The van der Waals surface area contributed by atoms with Crippen LogP contribution in [0, 0.1) is 0 Å². The molecule has 0 spiro atoms. The zero-order valence-corrected chi connectivity index (χ0v) is 14.5. The van der Waals surface area contributed by atoms with E-state index in [-0.39, 0.29) is 5.91 Å². The maximum Gasteiger partial charge on any atom is 0.328 e. The summed E-state index contributed by atoms with van der Waals surface area (Å²) >= 11 is 8.00. The highest BCUT2D eigenvalue weighted by Crippen LogP contribution is 2.32. The van der Waals surface area contributed by atoms with Gasteiger partial charge in [0.15, 0.2) is 0 Å². The van der Waals surface area contributed by atoms with E-state index in [1.165, 1.54) is 17.4 Å². The Bertz CT molecular complexity index is 705. The van der Waals surface area contributed by atoms with Gasteiger partial charge in [0.05, 0.1) is 8.66 Å². The van der Waals surface area contributed by atoms with Gasteiger partial charge in [-0.25, -0.2) is 4.79 Å². The lowest BCUT2D eigenvalue weighted by atomic mass is 10.2. The van der Waals surface area contributed by atoms with E-state index in [0.717, 1.165) is 14.3 Å². The fourth-order valence-electron chi connectivity index (χ4n) is 1.54. The lowest BCUT2D eigenvalue weighted by Gasteiger charge is -2.04. The Morgan fingerprint density at radius 1 is 1.24 bits per heavy atom. The monoisotopic (exact) mass is 429 g/mol. The third-order valence-electron chi connectivity index (χ3n) is 2.43. The van der Waals surface area contributed by atoms with Crippen LogP contribution in [-0.4, -0.2) is 17.0 Å². The summed E-state index contributed by atoms with van der Waals surface area (Å²) in [4.78, 5) is 23.2. The first-order valence-corrected chi connectivity index (χ1v) is 8.13. The van der Waals surface area contributed by atoms with Crippen molar-refractivity contribution in [1.29, 1.82) is 0 Å². The summed E-state index contributed by atoms with van der Waals surface area (Å²) in [7, 11) is 0. The minimum atomic E-state index is -1.02. The maximum absolute atomic E-state index is 12.1. The van der Waals surface area contributed by atoms with Gasteiger partial charge in [0.1, 0.15) is 0 Å². The fourth-order valence-corrected chi connectivity index (χ4v) is 3.47. The number of carbonyl (C=O) groups is 2. The first kappa shape index (κ1) is 15.9. The molecule has 4 nitrogen and oxygen atoms in total. The highest BCUT2D eigenvalue weighted by atomic mass is 79.9. The van der Waals surface area contributed by atoms with E-state index in [1.54, 1.807) is 30.3 Å². The number of carboxylic acids is 1. The quantitative estimate of drug-likeness (QED) is 0.695. The number of carboxylic acid groups (broad SMARTS) is 1. The van der Waals surface area contributed by atoms with Crippen LogP contribution >= 0.6 is 43.2 Å². The lowest BCUT2D eigenvalue weighted by molar-refractivity contribution is -0.131. The van der Waals surface area contributed by atoms with Crippen LogP contribution in [-0.2, 0) is 4.79 Å². The van der Waals surface area contributed by atoms with Crippen LogP contribution in [0.15, 0.2) is 44.7 Å². The molecule has 1 aromatic heterocycles. The van der Waals surface area contributed by atoms with Crippen molar-refractivity contribution in [3.8, 4) is 0 Å². The topological polar surface area (TPSA) is 66.4 Å². The van der Waals surface area contributed by atoms with Gasteiger partial charge in [-0.3, -0.25) is 4.79 Å². The SMILES string of the molecule is O=C(O)/C=C/c1cccc(NC(=O)c2cc(Br)c(Br)s2)c1. The van der Waals surface area contributed by atoms with E-state index in [0.29, 0.717) is 16.1 Å². The number of carbonyl (C=O) groups excluding carboxylic acids is 1. The van der Waals surface area contributed by atoms with Crippen molar-refractivity contribution in [2.45, 2.75) is 0 Å². The Balaban J connectivity index is 2.14. The standard InChI is InChI=1S/C14H9Br2NO3S/c15-10-7-11(21-13(10)16)14(20)17-9-3-1-2-8(6-9)4-5-12(18)19/h1-7H,(H,17,20)(H,18,19)/b5-4+. The average molecular weight is 431 g/mol. The molecule has 0 saturated carbocycles. The van der Waals surface area contributed by atoms with E-state index in [1.807, 2.05) is 0 Å². The Kier molecular flexibility index (Phi) is 5.33. The van der Waals surface area contributed by atoms with Crippen LogP contribution in [0.4, 0.5) is 5.69 Å². The molecule has 7 heteroatoms. The lowest BCUT2D eigenvalue weighted by Crippen LogP contribution is -2.09. The predicted molar refractivity (Wildman–Crippen MR) is 90.8 cm³/mol. The van der Waals surface area contributed by atoms with Gasteiger partial charge in [-0.2, -0.15) is 0 Å². The Hall–Kier alpha value is -1.44. The zero-order valence-electron chi connectivity index (χ0n) is 10.5. The molecule has 0 aliphatic carbocycles. The van der Waals surface area contributed by atoms with E-state index >= 15 is 0 Å². The van der Waals surface area contributed by atoms with E-state index in [9.17, 15) is 9.59 Å². The molecule has 1 amide bonds. The third-order valence-corrected chi connectivity index (χ3v) is 5.69. The number of halogens is 2. The first-order chi connectivity index (χ1) is 9.95. The molecule has 1 aromatic carbocycles. The molecular formula is C14H9Br2NO3S. The minimum absolute atomic E-state index is 0.217. The molecule has 108 valence electrons. The van der Waals surface area contributed by atoms with Crippen molar-refractivity contribution in [1.82, 2.24) is 0 Å². The second-order valence-corrected chi connectivity index (χ2v) is 7.21. The van der Waals surface area contributed by atoms with Crippen LogP contribution in [0.2, 0.25) is 0 Å². The summed E-state index contributed by atoms with van der Waals surface area (Å²) in [5.74, 6) is -1.23. The van der Waals surface area contributed by atoms with Crippen LogP contribution in [0.5, 0.6) is 0 Å². The molecule has 0 aliphatic rings. The van der Waals surface area contributed by atoms with Gasteiger partial charge < -0.3 is 10.4 Å². The third kappa shape index (κ3) is 4.52. The molecule has 0 aliphatic heterocycles. The second-order valence-electron chi connectivity index (χ2n) is 3.98.